The Kier molecular flexibility index (Phi) is 28.8. The molecule has 2 saturated carbocycles. The number of hydrogen-bond acceptors (Lipinski definition) is 16. The van der Waals surface area contributed by atoms with Gasteiger partial charge in [-0.2, -0.15) is 23.5 Å². The van der Waals surface area contributed by atoms with Gasteiger partial charge in [0.05, 0.1) is 31.7 Å². The standard InChI is InChI=1S/C78H93F2N11O13S2/c79-54-16-20-62-60(34-54)52(38-84-62)30-51-31-56(92)40-86-77(102)64(13-6-24-81)87-70(94)23-26-105-42-48-9-4-10-49(27-48)43-106-44-68(73(82)98)91-76(101)59-12-5-11-58(59)72(97)66(29-45-14-18-57(19-15-45)104-41-46-7-2-1-3-8-46)89-74(99)50(28-47-22-25-83-37-47)33-69(93)65(36-71(95)96)88-78(103)67(90-75(51)100)32-53-39-85-63-21-17-55(80)35-61(53)63/h4,9-10,14-21,25,27,34-35,37-39,46,50-51,58-59,64-68,84-85H,1-3,5-8,11-13,22-24,26,28-33,36,40-44,81H2,(H2,82,98)(H,86,102)(H,87,94)(H,88,103)(H,89,99)(H,90,100)(H,91,101)(H,95,96)/t50-,51-,58?,59-,64+,65+,66+,67+,68+/m1/s1. The van der Waals surface area contributed by atoms with Crippen LogP contribution >= 0.6 is 23.5 Å². The van der Waals surface area contributed by atoms with Crippen LogP contribution in [0.4, 0.5) is 8.78 Å². The number of hydrogen-bond donors (Lipinski definition) is 11. The van der Waals surface area contributed by atoms with Gasteiger partial charge < -0.3 is 63.2 Å². The second kappa shape index (κ2) is 38.6. The number of carbonyl (C=O) groups excluding carboxylic acids is 10. The topological polar surface area (TPSA) is 385 Å². The van der Waals surface area contributed by atoms with Crippen LogP contribution in [-0.4, -0.2) is 147 Å². The number of rotatable bonds is 17. The van der Waals surface area contributed by atoms with E-state index in [-0.39, 0.29) is 63.7 Å². The number of aliphatic imine (C=N–C) groups is 1. The fourth-order valence-electron chi connectivity index (χ4n) is 14.4. The van der Waals surface area contributed by atoms with E-state index >= 15 is 28.4 Å². The lowest BCUT2D eigenvalue weighted by atomic mass is 9.84. The van der Waals surface area contributed by atoms with Gasteiger partial charge in [-0.3, -0.25) is 57.7 Å². The molecular weight excluding hydrogens is 1400 g/mol. The molecule has 7 amide bonds. The van der Waals surface area contributed by atoms with Crippen LogP contribution in [0.2, 0.25) is 0 Å². The van der Waals surface area contributed by atoms with Crippen molar-refractivity contribution in [1.29, 1.82) is 0 Å². The SMILES string of the molecule is NCCC[C@@H]1NC(=O)CCSCc2cccc(c2)CSC[C@@H](C(N)=O)NC(=O)[C@@H]2CCCC2C(=O)[C@H](Cc2ccc(OCC3CCCCC3)cc2)NC(=O)[C@H](CC2=CN=CC2)CC(=O)[C@H](CC(=O)O)NC(=O)[C@H](Cc2c[nH]c3ccc(F)cc23)NC(=O)[C@H](Cc2c[nH]c3ccc(F)cc23)CC(=O)CNC1=O. The fraction of sp³-hybridized carbons (Fsp3) is 0.462. The highest BCUT2D eigenvalue weighted by atomic mass is 32.2. The van der Waals surface area contributed by atoms with Gasteiger partial charge in [0.15, 0.2) is 17.3 Å². The first kappa shape index (κ1) is 79.0. The first-order chi connectivity index (χ1) is 51.1. The zero-order valence-electron chi connectivity index (χ0n) is 59.1. The lowest BCUT2D eigenvalue weighted by Crippen LogP contribution is -2.54. The zero-order chi connectivity index (χ0) is 75.2. The van der Waals surface area contributed by atoms with Crippen molar-refractivity contribution in [2.75, 3.05) is 31.2 Å². The van der Waals surface area contributed by atoms with E-state index in [1.807, 2.05) is 24.3 Å². The third-order valence-corrected chi connectivity index (χ3v) is 22.3. The number of amides is 7. The van der Waals surface area contributed by atoms with Crippen LogP contribution in [0.3, 0.4) is 0 Å². The van der Waals surface area contributed by atoms with Crippen LogP contribution in [0.25, 0.3) is 21.8 Å². The molecule has 0 saturated heterocycles. The van der Waals surface area contributed by atoms with Crippen molar-refractivity contribution in [1.82, 2.24) is 41.9 Å². The number of nitrogens with two attached hydrogens (primary N) is 2. The number of primary amides is 1. The average molecular weight is 1490 g/mol. The molecule has 2 fully saturated rings. The van der Waals surface area contributed by atoms with Gasteiger partial charge >= 0.3 is 5.97 Å². The van der Waals surface area contributed by atoms with Gasteiger partial charge in [-0.1, -0.05) is 62.1 Å². The number of allylic oxidation sites excluding steroid dienone is 1. The van der Waals surface area contributed by atoms with E-state index in [9.17, 15) is 38.3 Å². The number of thioether (sulfide) groups is 2. The number of Topliss-reactive ketones (excluding diaryl/α,β-unsaturated/α-hetero) is 3. The Morgan fingerprint density at radius 3 is 1.94 bits per heavy atom. The van der Waals surface area contributed by atoms with Gasteiger partial charge in [0.2, 0.25) is 41.4 Å². The van der Waals surface area contributed by atoms with Gasteiger partial charge in [0.1, 0.15) is 35.5 Å². The molecule has 6 aromatic rings. The summed E-state index contributed by atoms with van der Waals surface area (Å²) < 4.78 is 36.2. The maximum absolute atomic E-state index is 15.4. The van der Waals surface area contributed by atoms with E-state index in [0.29, 0.717) is 92.4 Å². The summed E-state index contributed by atoms with van der Waals surface area (Å²) in [5.74, 6) is -12.3. The molecule has 106 heavy (non-hydrogen) atoms. The van der Waals surface area contributed by atoms with Gasteiger partial charge in [-0.05, 0) is 152 Å². The van der Waals surface area contributed by atoms with Crippen molar-refractivity contribution in [2.45, 2.75) is 164 Å². The molecule has 4 aliphatic rings. The van der Waals surface area contributed by atoms with Crippen LogP contribution < -0.4 is 48.1 Å². The number of carbonyl (C=O) groups is 11. The Morgan fingerprint density at radius 2 is 1.28 bits per heavy atom. The largest absolute Gasteiger partial charge is 0.493 e. The molecule has 564 valence electrons. The minimum atomic E-state index is -1.88. The molecule has 4 heterocycles. The Balaban J connectivity index is 0.972. The first-order valence-electron chi connectivity index (χ1n) is 36.4. The van der Waals surface area contributed by atoms with Crippen molar-refractivity contribution in [3.05, 3.63) is 149 Å². The van der Waals surface area contributed by atoms with E-state index in [0.717, 1.165) is 36.8 Å². The lowest BCUT2D eigenvalue weighted by molar-refractivity contribution is -0.141. The number of aliphatic carboxylic acids is 1. The monoisotopic (exact) mass is 1490 g/mol. The number of benzene rings is 4. The van der Waals surface area contributed by atoms with E-state index in [1.54, 1.807) is 30.5 Å². The number of carboxylic acids is 1. The number of aromatic nitrogens is 2. The number of fused-ring (bicyclic) bond motifs is 5. The summed E-state index contributed by atoms with van der Waals surface area (Å²) in [4.78, 5) is 169. The summed E-state index contributed by atoms with van der Waals surface area (Å²) in [5, 5.41) is 27.6. The molecule has 1 unspecified atom stereocenters. The van der Waals surface area contributed by atoms with Gasteiger partial charge in [-0.25, -0.2) is 8.78 Å². The summed E-state index contributed by atoms with van der Waals surface area (Å²) in [6.07, 6.45) is 10.4. The molecule has 0 radical (unpaired) electrons. The number of ketones is 3. The number of halogens is 2. The number of aromatic amines is 2. The first-order valence-corrected chi connectivity index (χ1v) is 38.7. The Labute approximate surface area is 621 Å². The van der Waals surface area contributed by atoms with E-state index < -0.39 is 162 Å². The van der Waals surface area contributed by atoms with Crippen LogP contribution in [0, 0.1) is 41.2 Å². The van der Waals surface area contributed by atoms with Crippen LogP contribution in [0.1, 0.15) is 131 Å². The summed E-state index contributed by atoms with van der Waals surface area (Å²) in [7, 11) is 0. The Hall–Kier alpha value is -9.54. The van der Waals surface area contributed by atoms with Crippen LogP contribution in [-0.2, 0) is 83.5 Å². The van der Waals surface area contributed by atoms with E-state index in [4.69, 9.17) is 16.2 Å². The zero-order valence-corrected chi connectivity index (χ0v) is 60.7. The highest BCUT2D eigenvalue weighted by Gasteiger charge is 2.43. The third-order valence-electron chi connectivity index (χ3n) is 20.2. The minimum Gasteiger partial charge on any atom is -0.493 e. The smallest absolute Gasteiger partial charge is 0.305 e. The quantitative estimate of drug-likeness (QED) is 0.0418. The summed E-state index contributed by atoms with van der Waals surface area (Å²) in [5.41, 5.74) is 16.5. The predicted octanol–water partition coefficient (Wildman–Crippen LogP) is 7.61. The summed E-state index contributed by atoms with van der Waals surface area (Å²) in [6, 6.07) is 15.6. The lowest BCUT2D eigenvalue weighted by Gasteiger charge is -2.28. The maximum atomic E-state index is 15.4. The second-order valence-corrected chi connectivity index (χ2v) is 30.2. The van der Waals surface area contributed by atoms with E-state index in [2.05, 4.69) is 46.9 Å². The molecule has 9 atom stereocenters. The maximum Gasteiger partial charge on any atom is 0.305 e. The molecule has 2 aliphatic heterocycles. The van der Waals surface area contributed by atoms with Crippen molar-refractivity contribution in [2.24, 2.45) is 46.0 Å². The fourth-order valence-corrected chi connectivity index (χ4v) is 16.3. The molecule has 13 N–H and O–H groups in total. The molecule has 2 aliphatic carbocycles. The van der Waals surface area contributed by atoms with E-state index in [1.165, 1.54) is 84.9 Å². The number of ether oxygens (including phenoxy) is 1. The number of carboxylic acid groups (broad SMARTS) is 1. The Morgan fingerprint density at radius 1 is 0.632 bits per heavy atom. The highest BCUT2D eigenvalue weighted by molar-refractivity contribution is 7.98. The minimum absolute atomic E-state index is 0.0278. The molecule has 24 nitrogen and oxygen atoms in total. The van der Waals surface area contributed by atoms with Gasteiger partial charge in [-0.15, -0.1) is 0 Å². The van der Waals surface area contributed by atoms with Crippen molar-refractivity contribution in [3.63, 3.8) is 0 Å². The van der Waals surface area contributed by atoms with Gasteiger partial charge in [0.25, 0.3) is 0 Å². The van der Waals surface area contributed by atoms with Crippen molar-refractivity contribution < 1.29 is 71.4 Å². The van der Waals surface area contributed by atoms with Crippen molar-refractivity contribution in [3.8, 4) is 5.75 Å². The Bertz CT molecular complexity index is 4230. The molecule has 4 aromatic carbocycles. The average Bonchev–Trinajstić information content (AvgIpc) is 1.62. The molecular formula is C78H93F2N11O13S2. The number of nitrogens with zero attached hydrogens (tertiary/aromatic N) is 1. The molecule has 2 aromatic heterocycles. The molecule has 2 bridgehead atoms. The summed E-state index contributed by atoms with van der Waals surface area (Å²) in [6.45, 7) is 0.104. The van der Waals surface area contributed by atoms with Crippen molar-refractivity contribution >= 4 is 116 Å². The number of H-pyrrole nitrogens is 2. The number of nitrogens with one attached hydrogen (secondary N) is 8. The summed E-state index contributed by atoms with van der Waals surface area (Å²) >= 11 is 2.85. The van der Waals surface area contributed by atoms with Crippen LogP contribution in [0.15, 0.2) is 114 Å². The van der Waals surface area contributed by atoms with Crippen LogP contribution in [0.5, 0.6) is 5.75 Å². The highest BCUT2D eigenvalue weighted by Crippen LogP contribution is 2.36. The van der Waals surface area contributed by atoms with Gasteiger partial charge in [0, 0.05) is 125 Å². The predicted molar refractivity (Wildman–Crippen MR) is 400 cm³/mol. The molecule has 0 spiro atoms. The third kappa shape index (κ3) is 22.7. The molecule has 28 heteroatoms. The molecule has 10 rings (SSSR count). The normalized spacial score (nSPS) is 23.9. The second-order valence-electron chi connectivity index (χ2n) is 28.1.